The highest BCUT2D eigenvalue weighted by Crippen LogP contribution is 2.15. The van der Waals surface area contributed by atoms with Crippen LogP contribution in [-0.2, 0) is 0 Å². The third kappa shape index (κ3) is 2.59. The normalized spacial score (nSPS) is 10.6. The molecule has 0 radical (unpaired) electrons. The van der Waals surface area contributed by atoms with E-state index in [1.165, 1.54) is 19.5 Å². The first kappa shape index (κ1) is 9.79. The number of hydrazone groups is 1. The number of carbonyl (C=O) groups is 1. The van der Waals surface area contributed by atoms with E-state index >= 15 is 0 Å². The molecule has 1 aromatic rings. The number of rotatable bonds is 2. The number of hydrogen-bond donors (Lipinski definition) is 1. The number of nitrogens with two attached hydrogens (primary N) is 1. The molecule has 0 atom stereocenters. The molecule has 0 aliphatic carbocycles. The van der Waals surface area contributed by atoms with E-state index in [4.69, 9.17) is 10.2 Å². The lowest BCUT2D eigenvalue weighted by Crippen LogP contribution is -2.27. The van der Waals surface area contributed by atoms with Gasteiger partial charge in [-0.05, 0) is 22.0 Å². The Balaban J connectivity index is 2.69. The van der Waals surface area contributed by atoms with Crippen molar-refractivity contribution >= 4 is 28.2 Å². The molecule has 1 rings (SSSR count). The predicted molar refractivity (Wildman–Crippen MR) is 51.3 cm³/mol. The average Bonchev–Trinajstić information content (AvgIpc) is 2.47. The van der Waals surface area contributed by atoms with Crippen LogP contribution >= 0.6 is 15.9 Å². The smallest absolute Gasteiger partial charge is 0.334 e. The molecule has 0 fully saturated rings. The zero-order chi connectivity index (χ0) is 9.84. The van der Waals surface area contributed by atoms with E-state index in [-0.39, 0.29) is 0 Å². The number of halogens is 1. The van der Waals surface area contributed by atoms with Gasteiger partial charge in [-0.1, -0.05) is 0 Å². The summed E-state index contributed by atoms with van der Waals surface area (Å²) in [7, 11) is 1.45. The Morgan fingerprint density at radius 3 is 3.00 bits per heavy atom. The number of primary amides is 1. The molecule has 1 aromatic heterocycles. The van der Waals surface area contributed by atoms with E-state index in [0.29, 0.717) is 5.76 Å². The summed E-state index contributed by atoms with van der Waals surface area (Å²) >= 11 is 3.23. The molecule has 6 heteroatoms. The third-order valence-corrected chi connectivity index (χ3v) is 1.97. The number of nitrogens with zero attached hydrogens (tertiary/aromatic N) is 2. The largest absolute Gasteiger partial charge is 0.462 e. The number of carbonyl (C=O) groups excluding carboxylic acids is 1. The molecule has 2 N–H and O–H groups in total. The van der Waals surface area contributed by atoms with Crippen molar-refractivity contribution in [2.24, 2.45) is 10.8 Å². The van der Waals surface area contributed by atoms with Crippen molar-refractivity contribution in [2.75, 3.05) is 7.05 Å². The molecule has 70 valence electrons. The van der Waals surface area contributed by atoms with E-state index in [9.17, 15) is 4.79 Å². The summed E-state index contributed by atoms with van der Waals surface area (Å²) in [4.78, 5) is 10.5. The summed E-state index contributed by atoms with van der Waals surface area (Å²) in [5.74, 6) is 0.535. The lowest BCUT2D eigenvalue weighted by Gasteiger charge is -2.04. The molecule has 0 aromatic carbocycles. The van der Waals surface area contributed by atoms with Crippen LogP contribution in [0.2, 0.25) is 0 Å². The molecular formula is C7H8BrN3O2. The topological polar surface area (TPSA) is 71.8 Å². The van der Waals surface area contributed by atoms with E-state index in [1.54, 1.807) is 6.07 Å². The Labute approximate surface area is 83.3 Å². The molecule has 0 bridgehead atoms. The quantitative estimate of drug-likeness (QED) is 0.632. The number of hydrogen-bond acceptors (Lipinski definition) is 3. The minimum absolute atomic E-state index is 0.535. The molecule has 0 aliphatic rings. The molecule has 2 amide bonds. The average molecular weight is 246 g/mol. The number of furan rings is 1. The van der Waals surface area contributed by atoms with Crippen LogP contribution in [0, 0.1) is 0 Å². The molecule has 0 aliphatic heterocycles. The van der Waals surface area contributed by atoms with Crippen LogP contribution in [0.4, 0.5) is 4.79 Å². The highest BCUT2D eigenvalue weighted by molar-refractivity contribution is 9.10. The Hall–Kier alpha value is -1.30. The standard InChI is InChI=1S/C7H8BrN3O2/c1-11(7(9)12)10-4-6-5(8)2-3-13-6/h2-4H,1H3,(H2,9,12)/b10-4+. The van der Waals surface area contributed by atoms with Gasteiger partial charge in [0.05, 0.1) is 17.0 Å². The van der Waals surface area contributed by atoms with Crippen LogP contribution < -0.4 is 5.73 Å². The lowest BCUT2D eigenvalue weighted by molar-refractivity contribution is 0.220. The highest BCUT2D eigenvalue weighted by Gasteiger charge is 2.01. The van der Waals surface area contributed by atoms with Crippen LogP contribution in [0.3, 0.4) is 0 Å². The van der Waals surface area contributed by atoms with E-state index in [0.717, 1.165) is 9.48 Å². The van der Waals surface area contributed by atoms with Gasteiger partial charge in [-0.3, -0.25) is 0 Å². The monoisotopic (exact) mass is 245 g/mol. The van der Waals surface area contributed by atoms with Gasteiger partial charge in [-0.15, -0.1) is 0 Å². The Morgan fingerprint density at radius 2 is 2.54 bits per heavy atom. The second-order valence-corrected chi connectivity index (χ2v) is 3.09. The second kappa shape index (κ2) is 4.08. The maximum atomic E-state index is 10.5. The van der Waals surface area contributed by atoms with E-state index < -0.39 is 6.03 Å². The van der Waals surface area contributed by atoms with Gasteiger partial charge in [0.25, 0.3) is 0 Å². The predicted octanol–water partition coefficient (Wildman–Crippen LogP) is 1.39. The Morgan fingerprint density at radius 1 is 1.85 bits per heavy atom. The number of amides is 2. The first-order chi connectivity index (χ1) is 6.11. The Kier molecular flexibility index (Phi) is 3.07. The summed E-state index contributed by atoms with van der Waals surface area (Å²) in [6.07, 6.45) is 2.91. The maximum Gasteiger partial charge on any atom is 0.334 e. The fraction of sp³-hybridized carbons (Fsp3) is 0.143. The first-order valence-electron chi connectivity index (χ1n) is 3.41. The lowest BCUT2D eigenvalue weighted by atomic mass is 10.5. The molecule has 0 saturated carbocycles. The van der Waals surface area contributed by atoms with Crippen LogP contribution in [-0.4, -0.2) is 24.3 Å². The van der Waals surface area contributed by atoms with Crippen LogP contribution in [0.1, 0.15) is 5.76 Å². The van der Waals surface area contributed by atoms with Gasteiger partial charge < -0.3 is 10.2 Å². The third-order valence-electron chi connectivity index (χ3n) is 1.31. The SMILES string of the molecule is CN(/N=C/c1occc1Br)C(N)=O. The van der Waals surface area contributed by atoms with Crippen molar-refractivity contribution < 1.29 is 9.21 Å². The Bertz CT molecular complexity index is 334. The van der Waals surface area contributed by atoms with Gasteiger partial charge in [-0.2, -0.15) is 5.10 Å². The van der Waals surface area contributed by atoms with Crippen molar-refractivity contribution in [3.63, 3.8) is 0 Å². The summed E-state index contributed by atoms with van der Waals surface area (Å²) in [6.45, 7) is 0. The molecule has 13 heavy (non-hydrogen) atoms. The van der Waals surface area contributed by atoms with Crippen LogP contribution in [0.5, 0.6) is 0 Å². The van der Waals surface area contributed by atoms with Crippen LogP contribution in [0.25, 0.3) is 0 Å². The highest BCUT2D eigenvalue weighted by atomic mass is 79.9. The van der Waals surface area contributed by atoms with Gasteiger partial charge in [-0.25, -0.2) is 9.80 Å². The molecule has 0 unspecified atom stereocenters. The molecular weight excluding hydrogens is 238 g/mol. The summed E-state index contributed by atoms with van der Waals surface area (Å²) in [5.41, 5.74) is 4.94. The fourth-order valence-electron chi connectivity index (χ4n) is 0.594. The fourth-order valence-corrected chi connectivity index (χ4v) is 0.897. The zero-order valence-electron chi connectivity index (χ0n) is 6.90. The van der Waals surface area contributed by atoms with Crippen molar-refractivity contribution in [2.45, 2.75) is 0 Å². The van der Waals surface area contributed by atoms with Crippen molar-refractivity contribution in [1.29, 1.82) is 0 Å². The molecule has 5 nitrogen and oxygen atoms in total. The molecule has 0 saturated heterocycles. The van der Waals surface area contributed by atoms with Gasteiger partial charge in [0.15, 0.2) is 5.76 Å². The van der Waals surface area contributed by atoms with Crippen molar-refractivity contribution in [3.8, 4) is 0 Å². The van der Waals surface area contributed by atoms with E-state index in [1.807, 2.05) is 0 Å². The molecule has 0 spiro atoms. The second-order valence-electron chi connectivity index (χ2n) is 2.24. The zero-order valence-corrected chi connectivity index (χ0v) is 8.48. The summed E-state index contributed by atoms with van der Waals surface area (Å²) < 4.78 is 5.79. The summed E-state index contributed by atoms with van der Waals surface area (Å²) in [6, 6.07) is 1.10. The maximum absolute atomic E-state index is 10.5. The van der Waals surface area contributed by atoms with Gasteiger partial charge in [0.2, 0.25) is 0 Å². The van der Waals surface area contributed by atoms with Gasteiger partial charge in [0.1, 0.15) is 0 Å². The van der Waals surface area contributed by atoms with Crippen molar-refractivity contribution in [1.82, 2.24) is 5.01 Å². The van der Waals surface area contributed by atoms with Crippen LogP contribution in [0.15, 0.2) is 26.3 Å². The van der Waals surface area contributed by atoms with Crippen molar-refractivity contribution in [3.05, 3.63) is 22.6 Å². The summed E-state index contributed by atoms with van der Waals surface area (Å²) in [5, 5.41) is 4.75. The number of urea groups is 1. The van der Waals surface area contributed by atoms with Gasteiger partial charge in [0, 0.05) is 7.05 Å². The van der Waals surface area contributed by atoms with E-state index in [2.05, 4.69) is 21.0 Å². The van der Waals surface area contributed by atoms with Gasteiger partial charge >= 0.3 is 6.03 Å². The minimum atomic E-state index is -0.626. The minimum Gasteiger partial charge on any atom is -0.462 e. The molecule has 1 heterocycles. The first-order valence-corrected chi connectivity index (χ1v) is 4.20.